The minimum absolute atomic E-state index is 0.100. The average Bonchev–Trinajstić information content (AvgIpc) is 3.42. The van der Waals surface area contributed by atoms with Crippen molar-refractivity contribution in [2.45, 2.75) is 31.2 Å². The van der Waals surface area contributed by atoms with E-state index in [1.165, 1.54) is 26.0 Å². The molecule has 1 aromatic heterocycles. The van der Waals surface area contributed by atoms with Crippen molar-refractivity contribution in [3.05, 3.63) is 52.8 Å². The number of likely N-dealkylation sites (N-methyl/N-ethyl adjacent to an activating group) is 1. The van der Waals surface area contributed by atoms with E-state index in [1.54, 1.807) is 26.1 Å². The molecule has 0 bridgehead atoms. The van der Waals surface area contributed by atoms with Gasteiger partial charge >= 0.3 is 0 Å². The van der Waals surface area contributed by atoms with Gasteiger partial charge < -0.3 is 14.8 Å². The lowest BCUT2D eigenvalue weighted by Crippen LogP contribution is -2.41. The average molecular weight is 467 g/mol. The number of nitrogens with one attached hydrogen (secondary N) is 1. The Hall–Kier alpha value is -2.36. The Morgan fingerprint density at radius 3 is 2.42 bits per heavy atom. The molecular weight excluding hydrogens is 440 g/mol. The van der Waals surface area contributed by atoms with Crippen molar-refractivity contribution in [2.24, 2.45) is 7.05 Å². The Morgan fingerprint density at radius 2 is 1.81 bits per heavy atom. The number of benzene rings is 1. The van der Waals surface area contributed by atoms with Crippen LogP contribution in [0.4, 0.5) is 0 Å². The Bertz CT molecular complexity index is 1040. The largest absolute Gasteiger partial charge is 0.350 e. The molecule has 8 nitrogen and oxygen atoms in total. The van der Waals surface area contributed by atoms with E-state index in [2.05, 4.69) is 5.32 Å². The molecule has 0 spiro atoms. The number of hydrogen-bond donors (Lipinski definition) is 1. The highest BCUT2D eigenvalue weighted by atomic mass is 35.5. The lowest BCUT2D eigenvalue weighted by Gasteiger charge is -2.20. The number of sulfonamides is 1. The monoisotopic (exact) mass is 466 g/mol. The summed E-state index contributed by atoms with van der Waals surface area (Å²) >= 11 is 5.86. The summed E-state index contributed by atoms with van der Waals surface area (Å²) < 4.78 is 28.5. The molecule has 1 aliphatic heterocycles. The number of carbonyl (C=O) groups is 2. The van der Waals surface area contributed by atoms with Gasteiger partial charge in [0.15, 0.2) is 0 Å². The molecule has 1 N–H and O–H groups in total. The maximum Gasteiger partial charge on any atom is 0.270 e. The molecule has 1 aliphatic rings. The lowest BCUT2D eigenvalue weighted by molar-refractivity contribution is -0.121. The van der Waals surface area contributed by atoms with Gasteiger partial charge in [0, 0.05) is 44.4 Å². The predicted octanol–water partition coefficient (Wildman–Crippen LogP) is 2.24. The molecule has 31 heavy (non-hydrogen) atoms. The van der Waals surface area contributed by atoms with Gasteiger partial charge in [-0.15, -0.1) is 0 Å². The van der Waals surface area contributed by atoms with Crippen LogP contribution in [0.3, 0.4) is 0 Å². The Kier molecular flexibility index (Phi) is 7.40. The molecule has 1 fully saturated rings. The van der Waals surface area contributed by atoms with Gasteiger partial charge in [-0.25, -0.2) is 8.42 Å². The molecule has 168 valence electrons. The van der Waals surface area contributed by atoms with Crippen LogP contribution in [0.25, 0.3) is 0 Å². The van der Waals surface area contributed by atoms with Crippen molar-refractivity contribution in [1.29, 1.82) is 0 Å². The maximum absolute atomic E-state index is 13.0. The van der Waals surface area contributed by atoms with Gasteiger partial charge in [-0.2, -0.15) is 4.31 Å². The molecule has 2 heterocycles. The second-order valence-corrected chi connectivity index (χ2v) is 9.88. The van der Waals surface area contributed by atoms with Crippen LogP contribution in [0.5, 0.6) is 0 Å². The third-order valence-corrected chi connectivity index (χ3v) is 7.42. The first-order chi connectivity index (χ1) is 14.7. The van der Waals surface area contributed by atoms with Crippen LogP contribution >= 0.6 is 11.6 Å². The maximum atomic E-state index is 13.0. The van der Waals surface area contributed by atoms with Crippen molar-refractivity contribution in [2.75, 3.05) is 26.2 Å². The van der Waals surface area contributed by atoms with E-state index in [0.717, 1.165) is 18.4 Å². The molecule has 0 atom stereocenters. The summed E-state index contributed by atoms with van der Waals surface area (Å²) in [5, 5.41) is 3.40. The van der Waals surface area contributed by atoms with Gasteiger partial charge in [0.2, 0.25) is 15.9 Å². The van der Waals surface area contributed by atoms with Gasteiger partial charge in [-0.05, 0) is 43.5 Å². The lowest BCUT2D eigenvalue weighted by atomic mass is 10.2. The highest BCUT2D eigenvalue weighted by molar-refractivity contribution is 7.89. The molecule has 1 aromatic carbocycles. The van der Waals surface area contributed by atoms with Crippen molar-refractivity contribution >= 4 is 33.4 Å². The number of carbonyl (C=O) groups excluding carboxylic acids is 2. The van der Waals surface area contributed by atoms with E-state index in [-0.39, 0.29) is 23.0 Å². The first-order valence-electron chi connectivity index (χ1n) is 10.2. The fourth-order valence-corrected chi connectivity index (χ4v) is 5.20. The minimum atomic E-state index is -3.62. The van der Waals surface area contributed by atoms with Gasteiger partial charge in [0.25, 0.3) is 5.91 Å². The van der Waals surface area contributed by atoms with Gasteiger partial charge in [-0.1, -0.05) is 23.7 Å². The van der Waals surface area contributed by atoms with Crippen LogP contribution in [0.15, 0.2) is 41.4 Å². The minimum Gasteiger partial charge on any atom is -0.350 e. The van der Waals surface area contributed by atoms with Crippen LogP contribution < -0.4 is 5.32 Å². The van der Waals surface area contributed by atoms with Crippen molar-refractivity contribution < 1.29 is 18.0 Å². The first kappa shape index (κ1) is 23.3. The van der Waals surface area contributed by atoms with E-state index in [4.69, 9.17) is 11.6 Å². The van der Waals surface area contributed by atoms with E-state index in [1.807, 2.05) is 12.1 Å². The van der Waals surface area contributed by atoms with Crippen LogP contribution in [0.1, 0.15) is 35.8 Å². The molecule has 1 saturated heterocycles. The van der Waals surface area contributed by atoms with Crippen molar-refractivity contribution in [3.63, 3.8) is 0 Å². The smallest absolute Gasteiger partial charge is 0.270 e. The van der Waals surface area contributed by atoms with E-state index in [9.17, 15) is 18.0 Å². The summed E-state index contributed by atoms with van der Waals surface area (Å²) in [5.41, 5.74) is 1.12. The third kappa shape index (κ3) is 5.47. The zero-order chi connectivity index (χ0) is 22.6. The van der Waals surface area contributed by atoms with Crippen molar-refractivity contribution in [1.82, 2.24) is 19.1 Å². The fourth-order valence-electron chi connectivity index (χ4n) is 3.49. The molecular formula is C21H27ClN4O4S. The highest BCUT2D eigenvalue weighted by Gasteiger charge is 2.30. The number of hydrogen-bond acceptors (Lipinski definition) is 4. The second kappa shape index (κ2) is 9.84. The molecule has 0 saturated carbocycles. The molecule has 2 amide bonds. The van der Waals surface area contributed by atoms with E-state index in [0.29, 0.717) is 31.2 Å². The van der Waals surface area contributed by atoms with Crippen molar-refractivity contribution in [3.8, 4) is 0 Å². The second-order valence-electron chi connectivity index (χ2n) is 7.51. The number of aryl methyl sites for hydroxylation is 1. The Balaban J connectivity index is 1.66. The zero-order valence-corrected chi connectivity index (χ0v) is 19.2. The zero-order valence-electron chi connectivity index (χ0n) is 17.7. The number of nitrogens with zero attached hydrogens (tertiary/aromatic N) is 3. The predicted molar refractivity (Wildman–Crippen MR) is 118 cm³/mol. The summed E-state index contributed by atoms with van der Waals surface area (Å²) in [7, 11) is -1.99. The molecule has 2 aromatic rings. The van der Waals surface area contributed by atoms with Gasteiger partial charge in [0.1, 0.15) is 10.6 Å². The van der Waals surface area contributed by atoms with Crippen LogP contribution in [-0.2, 0) is 28.4 Å². The standard InChI is InChI=1S/C21H27ClN4O4S/c1-3-25(15-20(27)23-13-16-6-8-17(22)9-7-16)21(28)19-12-18(14-24(19)2)31(29,30)26-10-4-5-11-26/h6-9,12,14H,3-5,10-11,13,15H2,1-2H3,(H,23,27). The number of aromatic nitrogens is 1. The molecule has 3 rings (SSSR count). The summed E-state index contributed by atoms with van der Waals surface area (Å²) in [5.74, 6) is -0.696. The fraction of sp³-hybridized carbons (Fsp3) is 0.429. The topological polar surface area (TPSA) is 91.7 Å². The normalized spacial score (nSPS) is 14.5. The summed E-state index contributed by atoms with van der Waals surface area (Å²) in [6.45, 7) is 3.28. The Morgan fingerprint density at radius 1 is 1.16 bits per heavy atom. The molecule has 0 aliphatic carbocycles. The SMILES string of the molecule is CCN(CC(=O)NCc1ccc(Cl)cc1)C(=O)c1cc(S(=O)(=O)N2CCCC2)cn1C. The molecule has 0 unspecified atom stereocenters. The van der Waals surface area contributed by atoms with Crippen LogP contribution in [0.2, 0.25) is 5.02 Å². The summed E-state index contributed by atoms with van der Waals surface area (Å²) in [6, 6.07) is 8.52. The number of halogens is 1. The molecule has 0 radical (unpaired) electrons. The number of rotatable bonds is 8. The van der Waals surface area contributed by atoms with E-state index >= 15 is 0 Å². The quantitative estimate of drug-likeness (QED) is 0.645. The molecule has 10 heteroatoms. The number of amides is 2. The third-order valence-electron chi connectivity index (χ3n) is 5.31. The van der Waals surface area contributed by atoms with Gasteiger partial charge in [0.05, 0.1) is 6.54 Å². The first-order valence-corrected chi connectivity index (χ1v) is 12.0. The summed E-state index contributed by atoms with van der Waals surface area (Å²) in [4.78, 5) is 26.9. The van der Waals surface area contributed by atoms with E-state index < -0.39 is 15.9 Å². The summed E-state index contributed by atoms with van der Waals surface area (Å²) in [6.07, 6.45) is 3.13. The van der Waals surface area contributed by atoms with Crippen LogP contribution in [-0.4, -0.2) is 60.2 Å². The van der Waals surface area contributed by atoms with Crippen LogP contribution in [0, 0.1) is 0 Å². The highest BCUT2D eigenvalue weighted by Crippen LogP contribution is 2.23. The van der Waals surface area contributed by atoms with Gasteiger partial charge in [-0.3, -0.25) is 9.59 Å². The Labute approximate surface area is 187 Å².